The Bertz CT molecular complexity index is 286. The van der Waals surface area contributed by atoms with Gasteiger partial charge in [0, 0.05) is 32.1 Å². The molecule has 1 N–H and O–H groups in total. The predicted octanol–water partition coefficient (Wildman–Crippen LogP) is 0.977. The number of imidazole rings is 1. The number of rotatable bonds is 5. The molecule has 1 aliphatic rings. The molecule has 0 aliphatic carbocycles. The molecular formula is C12H21N3O. The van der Waals surface area contributed by atoms with Crippen molar-refractivity contribution in [2.24, 2.45) is 5.92 Å². The highest BCUT2D eigenvalue weighted by Gasteiger charge is 2.18. The predicted molar refractivity (Wildman–Crippen MR) is 63.1 cm³/mol. The van der Waals surface area contributed by atoms with E-state index >= 15 is 0 Å². The maximum Gasteiger partial charge on any atom is 0.0945 e. The molecule has 0 saturated carbocycles. The lowest BCUT2D eigenvalue weighted by atomic mass is 9.99. The minimum Gasteiger partial charge on any atom is -0.396 e. The van der Waals surface area contributed by atoms with Crippen LogP contribution < -0.4 is 0 Å². The summed E-state index contributed by atoms with van der Waals surface area (Å²) in [5.74, 6) is 0.502. The van der Waals surface area contributed by atoms with Gasteiger partial charge in [0.2, 0.25) is 0 Å². The summed E-state index contributed by atoms with van der Waals surface area (Å²) in [5, 5.41) is 9.15. The van der Waals surface area contributed by atoms with Crippen LogP contribution in [0.1, 0.15) is 19.3 Å². The van der Waals surface area contributed by atoms with Gasteiger partial charge in [-0.2, -0.15) is 0 Å². The lowest BCUT2D eigenvalue weighted by molar-refractivity contribution is 0.119. The molecule has 0 spiro atoms. The van der Waals surface area contributed by atoms with E-state index in [9.17, 15) is 0 Å². The fourth-order valence-corrected chi connectivity index (χ4v) is 2.40. The van der Waals surface area contributed by atoms with E-state index in [0.29, 0.717) is 12.5 Å². The smallest absolute Gasteiger partial charge is 0.0945 e. The standard InChI is InChI=1S/C12H21N3O/c16-10-12-3-1-5-14(9-12)6-2-7-15-8-4-13-11-15/h4,8,11-12,16H,1-3,5-7,9-10H2. The van der Waals surface area contributed by atoms with Gasteiger partial charge in [0.05, 0.1) is 6.33 Å². The Morgan fingerprint density at radius 1 is 1.38 bits per heavy atom. The quantitative estimate of drug-likeness (QED) is 0.809. The van der Waals surface area contributed by atoms with Crippen LogP contribution in [0, 0.1) is 5.92 Å². The first kappa shape index (κ1) is 11.6. The monoisotopic (exact) mass is 223 g/mol. The molecule has 1 fully saturated rings. The topological polar surface area (TPSA) is 41.3 Å². The van der Waals surface area contributed by atoms with Crippen LogP contribution in [0.2, 0.25) is 0 Å². The first-order valence-corrected chi connectivity index (χ1v) is 6.17. The molecule has 4 heteroatoms. The van der Waals surface area contributed by atoms with Crippen molar-refractivity contribution in [3.8, 4) is 0 Å². The van der Waals surface area contributed by atoms with Gasteiger partial charge in [-0.25, -0.2) is 4.98 Å². The molecule has 4 nitrogen and oxygen atoms in total. The minimum atomic E-state index is 0.345. The normalized spacial score (nSPS) is 22.4. The van der Waals surface area contributed by atoms with Gasteiger partial charge in [-0.3, -0.25) is 0 Å². The summed E-state index contributed by atoms with van der Waals surface area (Å²) in [6, 6.07) is 0. The summed E-state index contributed by atoms with van der Waals surface area (Å²) in [4.78, 5) is 6.50. The van der Waals surface area contributed by atoms with Crippen molar-refractivity contribution in [3.63, 3.8) is 0 Å². The van der Waals surface area contributed by atoms with Crippen molar-refractivity contribution in [1.82, 2.24) is 14.5 Å². The van der Waals surface area contributed by atoms with Crippen molar-refractivity contribution in [3.05, 3.63) is 18.7 Å². The Morgan fingerprint density at radius 2 is 2.31 bits per heavy atom. The zero-order valence-electron chi connectivity index (χ0n) is 9.76. The summed E-state index contributed by atoms with van der Waals surface area (Å²) in [6.07, 6.45) is 9.28. The lowest BCUT2D eigenvalue weighted by Crippen LogP contribution is -2.37. The molecule has 0 bridgehead atoms. The molecule has 1 aromatic heterocycles. The van der Waals surface area contributed by atoms with Gasteiger partial charge in [-0.15, -0.1) is 0 Å². The fourth-order valence-electron chi connectivity index (χ4n) is 2.40. The molecule has 16 heavy (non-hydrogen) atoms. The van der Waals surface area contributed by atoms with E-state index in [2.05, 4.69) is 14.5 Å². The number of hydrogen-bond donors (Lipinski definition) is 1. The SMILES string of the molecule is OCC1CCCN(CCCn2ccnc2)C1. The lowest BCUT2D eigenvalue weighted by Gasteiger charge is -2.31. The van der Waals surface area contributed by atoms with Crippen LogP contribution in [-0.4, -0.2) is 45.8 Å². The number of aliphatic hydroxyl groups is 1. The van der Waals surface area contributed by atoms with E-state index < -0.39 is 0 Å². The Hall–Kier alpha value is -0.870. The van der Waals surface area contributed by atoms with E-state index in [1.165, 1.54) is 19.4 Å². The number of aliphatic hydroxyl groups excluding tert-OH is 1. The van der Waals surface area contributed by atoms with E-state index in [1.807, 2.05) is 18.7 Å². The molecule has 1 aromatic rings. The van der Waals surface area contributed by atoms with Crippen LogP contribution in [0.25, 0.3) is 0 Å². The average Bonchev–Trinajstić information content (AvgIpc) is 2.82. The highest BCUT2D eigenvalue weighted by atomic mass is 16.3. The summed E-state index contributed by atoms with van der Waals surface area (Å²) in [6.45, 7) is 4.79. The molecule has 1 atom stereocenters. The van der Waals surface area contributed by atoms with Gasteiger partial charge >= 0.3 is 0 Å². The van der Waals surface area contributed by atoms with E-state index in [4.69, 9.17) is 5.11 Å². The highest BCUT2D eigenvalue weighted by Crippen LogP contribution is 2.15. The Labute approximate surface area is 96.9 Å². The molecule has 1 unspecified atom stereocenters. The first-order chi connectivity index (χ1) is 7.88. The molecule has 1 saturated heterocycles. The molecule has 1 aliphatic heterocycles. The van der Waals surface area contributed by atoms with Crippen molar-refractivity contribution in [1.29, 1.82) is 0 Å². The zero-order valence-corrected chi connectivity index (χ0v) is 9.76. The third-order valence-corrected chi connectivity index (χ3v) is 3.31. The first-order valence-electron chi connectivity index (χ1n) is 6.17. The number of nitrogens with zero attached hydrogens (tertiary/aromatic N) is 3. The van der Waals surface area contributed by atoms with Crippen LogP contribution >= 0.6 is 0 Å². The van der Waals surface area contributed by atoms with Gasteiger partial charge in [0.25, 0.3) is 0 Å². The van der Waals surface area contributed by atoms with Crippen LogP contribution in [0.15, 0.2) is 18.7 Å². The molecular weight excluding hydrogens is 202 g/mol. The average molecular weight is 223 g/mol. The summed E-state index contributed by atoms with van der Waals surface area (Å²) < 4.78 is 2.12. The third kappa shape index (κ3) is 3.32. The van der Waals surface area contributed by atoms with Gasteiger partial charge in [0.15, 0.2) is 0 Å². The third-order valence-electron chi connectivity index (χ3n) is 3.31. The van der Waals surface area contributed by atoms with Gasteiger partial charge < -0.3 is 14.6 Å². The second kappa shape index (κ2) is 6.01. The molecule has 2 heterocycles. The Morgan fingerprint density at radius 3 is 3.06 bits per heavy atom. The van der Waals surface area contributed by atoms with E-state index in [-0.39, 0.29) is 0 Å². The molecule has 0 amide bonds. The number of likely N-dealkylation sites (tertiary alicyclic amines) is 1. The van der Waals surface area contributed by atoms with Crippen LogP contribution in [-0.2, 0) is 6.54 Å². The van der Waals surface area contributed by atoms with Crippen molar-refractivity contribution >= 4 is 0 Å². The van der Waals surface area contributed by atoms with Gasteiger partial charge in [-0.05, 0) is 38.3 Å². The number of aryl methyl sites for hydroxylation is 1. The van der Waals surface area contributed by atoms with Crippen molar-refractivity contribution in [2.75, 3.05) is 26.2 Å². The maximum atomic E-state index is 9.15. The van der Waals surface area contributed by atoms with Crippen LogP contribution in [0.4, 0.5) is 0 Å². The van der Waals surface area contributed by atoms with Crippen LogP contribution in [0.5, 0.6) is 0 Å². The largest absolute Gasteiger partial charge is 0.396 e. The summed E-state index contributed by atoms with van der Waals surface area (Å²) in [5.41, 5.74) is 0. The van der Waals surface area contributed by atoms with Gasteiger partial charge in [0.1, 0.15) is 0 Å². The van der Waals surface area contributed by atoms with Crippen molar-refractivity contribution < 1.29 is 5.11 Å². The van der Waals surface area contributed by atoms with Gasteiger partial charge in [-0.1, -0.05) is 0 Å². The maximum absolute atomic E-state index is 9.15. The summed E-state index contributed by atoms with van der Waals surface area (Å²) >= 11 is 0. The number of hydrogen-bond acceptors (Lipinski definition) is 3. The molecule has 90 valence electrons. The minimum absolute atomic E-state index is 0.345. The fraction of sp³-hybridized carbons (Fsp3) is 0.750. The second-order valence-corrected chi connectivity index (χ2v) is 4.65. The highest BCUT2D eigenvalue weighted by molar-refractivity contribution is 4.75. The molecule has 0 aromatic carbocycles. The molecule has 2 rings (SSSR count). The second-order valence-electron chi connectivity index (χ2n) is 4.65. The number of piperidine rings is 1. The zero-order chi connectivity index (χ0) is 11.2. The Balaban J connectivity index is 1.65. The van der Waals surface area contributed by atoms with Crippen LogP contribution in [0.3, 0.4) is 0 Å². The molecule has 0 radical (unpaired) electrons. The summed E-state index contributed by atoms with van der Waals surface area (Å²) in [7, 11) is 0. The Kier molecular flexibility index (Phi) is 4.36. The van der Waals surface area contributed by atoms with E-state index in [1.54, 1.807) is 0 Å². The number of aromatic nitrogens is 2. The van der Waals surface area contributed by atoms with E-state index in [0.717, 1.165) is 26.1 Å². The van der Waals surface area contributed by atoms with Crippen molar-refractivity contribution in [2.45, 2.75) is 25.8 Å².